The number of nitrogens with zero attached hydrogens (tertiary/aromatic N) is 2. The van der Waals surface area contributed by atoms with Crippen LogP contribution in [0.1, 0.15) is 59.8 Å². The van der Waals surface area contributed by atoms with E-state index in [-0.39, 0.29) is 5.41 Å². The molecule has 112 valence electrons. The third-order valence-corrected chi connectivity index (χ3v) is 5.09. The summed E-state index contributed by atoms with van der Waals surface area (Å²) in [6.07, 6.45) is 5.98. The summed E-state index contributed by atoms with van der Waals surface area (Å²) >= 11 is 0. The molecule has 0 saturated carbocycles. The minimum Gasteiger partial charge on any atom is -0.409 e. The van der Waals surface area contributed by atoms with Crippen LogP contribution in [-0.4, -0.2) is 35.6 Å². The van der Waals surface area contributed by atoms with Crippen molar-refractivity contribution in [1.29, 1.82) is 0 Å². The molecule has 3 N–H and O–H groups in total. The fourth-order valence-electron chi connectivity index (χ4n) is 3.05. The molecule has 1 saturated heterocycles. The van der Waals surface area contributed by atoms with Crippen molar-refractivity contribution in [3.05, 3.63) is 0 Å². The Hall–Kier alpha value is -0.770. The normalized spacial score (nSPS) is 20.9. The minimum absolute atomic E-state index is 0.207. The molecule has 0 aliphatic carbocycles. The van der Waals surface area contributed by atoms with E-state index in [9.17, 15) is 0 Å². The molecule has 0 aromatic carbocycles. The summed E-state index contributed by atoms with van der Waals surface area (Å²) in [6.45, 7) is 12.3. The lowest BCUT2D eigenvalue weighted by molar-refractivity contribution is 0.233. The molecule has 1 aliphatic heterocycles. The molecule has 4 heteroatoms. The SMILES string of the molecule is CCC1(CC)CCN(CCCC(C)(C)C(N)=NO)C1. The zero-order valence-electron chi connectivity index (χ0n) is 13.1. The third-order valence-electron chi connectivity index (χ3n) is 5.09. The molecule has 0 aromatic heterocycles. The Morgan fingerprint density at radius 3 is 2.47 bits per heavy atom. The third kappa shape index (κ3) is 4.10. The average Bonchev–Trinajstić information content (AvgIpc) is 2.82. The highest BCUT2D eigenvalue weighted by Crippen LogP contribution is 2.37. The number of nitrogens with two attached hydrogens (primary N) is 1. The highest BCUT2D eigenvalue weighted by Gasteiger charge is 2.34. The predicted octanol–water partition coefficient (Wildman–Crippen LogP) is 3.05. The maximum absolute atomic E-state index is 8.77. The van der Waals surface area contributed by atoms with Gasteiger partial charge in [-0.05, 0) is 50.6 Å². The van der Waals surface area contributed by atoms with Crippen LogP contribution >= 0.6 is 0 Å². The van der Waals surface area contributed by atoms with E-state index < -0.39 is 0 Å². The first kappa shape index (κ1) is 16.3. The summed E-state index contributed by atoms with van der Waals surface area (Å²) in [5.74, 6) is 0.338. The maximum atomic E-state index is 8.77. The van der Waals surface area contributed by atoms with E-state index in [2.05, 4.69) is 23.9 Å². The first-order valence-corrected chi connectivity index (χ1v) is 7.59. The van der Waals surface area contributed by atoms with Crippen molar-refractivity contribution in [2.45, 2.75) is 59.8 Å². The molecule has 19 heavy (non-hydrogen) atoms. The molecular formula is C15H31N3O. The van der Waals surface area contributed by atoms with Crippen LogP contribution < -0.4 is 5.73 Å². The summed E-state index contributed by atoms with van der Waals surface area (Å²) in [7, 11) is 0. The molecule has 0 bridgehead atoms. The molecule has 1 aliphatic rings. The van der Waals surface area contributed by atoms with Gasteiger partial charge in [-0.2, -0.15) is 0 Å². The Morgan fingerprint density at radius 2 is 2.00 bits per heavy atom. The van der Waals surface area contributed by atoms with E-state index in [4.69, 9.17) is 10.9 Å². The smallest absolute Gasteiger partial charge is 0.144 e. The number of hydrogen-bond donors (Lipinski definition) is 2. The standard InChI is InChI=1S/C15H31N3O/c1-5-15(6-2)9-11-18(12-15)10-7-8-14(3,4)13(16)17-19/h19H,5-12H2,1-4H3,(H2,16,17). The zero-order chi connectivity index (χ0) is 14.5. The van der Waals surface area contributed by atoms with Gasteiger partial charge in [0.15, 0.2) is 0 Å². The summed E-state index contributed by atoms with van der Waals surface area (Å²) in [5.41, 5.74) is 6.07. The van der Waals surface area contributed by atoms with Gasteiger partial charge < -0.3 is 15.8 Å². The topological polar surface area (TPSA) is 61.8 Å². The Balaban J connectivity index is 2.36. The van der Waals surface area contributed by atoms with Gasteiger partial charge in [-0.1, -0.05) is 32.9 Å². The lowest BCUT2D eigenvalue weighted by Gasteiger charge is -2.27. The molecule has 0 radical (unpaired) electrons. The Labute approximate surface area is 118 Å². The van der Waals surface area contributed by atoms with Crippen molar-refractivity contribution < 1.29 is 5.21 Å². The number of likely N-dealkylation sites (tertiary alicyclic amines) is 1. The average molecular weight is 269 g/mol. The largest absolute Gasteiger partial charge is 0.409 e. The molecule has 1 heterocycles. The zero-order valence-corrected chi connectivity index (χ0v) is 13.1. The number of hydrogen-bond acceptors (Lipinski definition) is 3. The molecule has 0 aromatic rings. The summed E-state index contributed by atoms with van der Waals surface area (Å²) in [4.78, 5) is 2.58. The van der Waals surface area contributed by atoms with E-state index in [0.717, 1.165) is 19.4 Å². The van der Waals surface area contributed by atoms with Crippen molar-refractivity contribution >= 4 is 5.84 Å². The predicted molar refractivity (Wildman–Crippen MR) is 80.5 cm³/mol. The van der Waals surface area contributed by atoms with Gasteiger partial charge in [0.1, 0.15) is 5.84 Å². The van der Waals surface area contributed by atoms with E-state index in [1.165, 1.54) is 32.4 Å². The second-order valence-corrected chi connectivity index (χ2v) is 6.71. The van der Waals surface area contributed by atoms with Crippen LogP contribution in [0.25, 0.3) is 0 Å². The number of rotatable bonds is 7. The van der Waals surface area contributed by atoms with Gasteiger partial charge in [0, 0.05) is 12.0 Å². The van der Waals surface area contributed by atoms with Gasteiger partial charge in [0.25, 0.3) is 0 Å². The fraction of sp³-hybridized carbons (Fsp3) is 0.933. The van der Waals surface area contributed by atoms with E-state index in [0.29, 0.717) is 11.3 Å². The fourth-order valence-corrected chi connectivity index (χ4v) is 3.05. The maximum Gasteiger partial charge on any atom is 0.144 e. The molecule has 4 nitrogen and oxygen atoms in total. The minimum atomic E-state index is -0.207. The molecule has 1 fully saturated rings. The van der Waals surface area contributed by atoms with E-state index in [1.807, 2.05) is 13.8 Å². The Morgan fingerprint density at radius 1 is 1.37 bits per heavy atom. The van der Waals surface area contributed by atoms with Crippen LogP contribution in [0.15, 0.2) is 5.16 Å². The van der Waals surface area contributed by atoms with Crippen LogP contribution in [0.5, 0.6) is 0 Å². The quantitative estimate of drug-likeness (QED) is 0.323. The van der Waals surface area contributed by atoms with Gasteiger partial charge >= 0.3 is 0 Å². The molecular weight excluding hydrogens is 238 g/mol. The van der Waals surface area contributed by atoms with Crippen molar-refractivity contribution in [3.63, 3.8) is 0 Å². The van der Waals surface area contributed by atoms with E-state index in [1.54, 1.807) is 0 Å². The van der Waals surface area contributed by atoms with Gasteiger partial charge in [-0.3, -0.25) is 0 Å². The van der Waals surface area contributed by atoms with Crippen LogP contribution in [0, 0.1) is 10.8 Å². The van der Waals surface area contributed by atoms with Crippen LogP contribution in [-0.2, 0) is 0 Å². The first-order valence-electron chi connectivity index (χ1n) is 7.59. The number of oxime groups is 1. The lowest BCUT2D eigenvalue weighted by Crippen LogP contribution is -2.33. The van der Waals surface area contributed by atoms with Crippen molar-refractivity contribution in [2.75, 3.05) is 19.6 Å². The summed E-state index contributed by atoms with van der Waals surface area (Å²) < 4.78 is 0. The van der Waals surface area contributed by atoms with Gasteiger partial charge in [-0.15, -0.1) is 0 Å². The van der Waals surface area contributed by atoms with E-state index >= 15 is 0 Å². The van der Waals surface area contributed by atoms with Crippen LogP contribution in [0.2, 0.25) is 0 Å². The monoisotopic (exact) mass is 269 g/mol. The van der Waals surface area contributed by atoms with Crippen LogP contribution in [0.4, 0.5) is 0 Å². The van der Waals surface area contributed by atoms with Crippen LogP contribution in [0.3, 0.4) is 0 Å². The first-order chi connectivity index (χ1) is 8.89. The molecule has 0 atom stereocenters. The van der Waals surface area contributed by atoms with Gasteiger partial charge in [0.05, 0.1) is 0 Å². The number of amidine groups is 1. The molecule has 0 amide bonds. The van der Waals surface area contributed by atoms with Gasteiger partial charge in [0.2, 0.25) is 0 Å². The molecule has 0 unspecified atom stereocenters. The highest BCUT2D eigenvalue weighted by molar-refractivity contribution is 5.85. The van der Waals surface area contributed by atoms with Crippen molar-refractivity contribution in [2.24, 2.45) is 21.7 Å². The summed E-state index contributed by atoms with van der Waals surface area (Å²) in [5, 5.41) is 11.9. The second kappa shape index (κ2) is 6.60. The lowest BCUT2D eigenvalue weighted by atomic mass is 9.82. The second-order valence-electron chi connectivity index (χ2n) is 6.71. The van der Waals surface area contributed by atoms with Crippen molar-refractivity contribution in [3.8, 4) is 0 Å². The summed E-state index contributed by atoms with van der Waals surface area (Å²) in [6, 6.07) is 0. The molecule has 1 rings (SSSR count). The Bertz CT molecular complexity index is 309. The molecule has 0 spiro atoms. The van der Waals surface area contributed by atoms with Gasteiger partial charge in [-0.25, -0.2) is 0 Å². The van der Waals surface area contributed by atoms with Crippen molar-refractivity contribution in [1.82, 2.24) is 4.90 Å². The highest BCUT2D eigenvalue weighted by atomic mass is 16.4. The Kier molecular flexibility index (Phi) is 5.65.